The van der Waals surface area contributed by atoms with Crippen LogP contribution in [0.25, 0.3) is 0 Å². The molecule has 1 heterocycles. The molecule has 10 nitrogen and oxygen atoms in total. The van der Waals surface area contributed by atoms with Gasteiger partial charge in [0.2, 0.25) is 0 Å². The first kappa shape index (κ1) is 29.7. The third-order valence-electron chi connectivity index (χ3n) is 5.10. The van der Waals surface area contributed by atoms with Crippen LogP contribution in [0.5, 0.6) is 11.5 Å². The van der Waals surface area contributed by atoms with E-state index in [1.54, 1.807) is 57.2 Å². The summed E-state index contributed by atoms with van der Waals surface area (Å²) in [5.41, 5.74) is 6.87. The normalized spacial score (nSPS) is 10.9. The summed E-state index contributed by atoms with van der Waals surface area (Å²) < 4.78 is 17.3. The van der Waals surface area contributed by atoms with Gasteiger partial charge >= 0.3 is 5.97 Å². The lowest BCUT2D eigenvalue weighted by Gasteiger charge is -2.21. The fraction of sp³-hybridized carbons (Fsp3) is 0.267. The Bertz CT molecular complexity index is 1380. The van der Waals surface area contributed by atoms with Crippen molar-refractivity contribution in [1.82, 2.24) is 4.98 Å². The molecular formula is C30H34N4O6. The summed E-state index contributed by atoms with van der Waals surface area (Å²) >= 11 is 0. The second-order valence-electron chi connectivity index (χ2n) is 10.0. The Morgan fingerprint density at radius 1 is 0.975 bits per heavy atom. The number of nitrogens with zero attached hydrogens (tertiary/aromatic N) is 1. The molecule has 2 aromatic carbocycles. The zero-order chi connectivity index (χ0) is 29.4. The molecule has 0 aliphatic heterocycles. The van der Waals surface area contributed by atoms with Crippen LogP contribution in [0.2, 0.25) is 0 Å². The zero-order valence-electron chi connectivity index (χ0n) is 23.2. The molecule has 0 aliphatic carbocycles. The van der Waals surface area contributed by atoms with E-state index in [1.807, 2.05) is 13.8 Å². The van der Waals surface area contributed by atoms with Crippen LogP contribution in [-0.2, 0) is 4.74 Å². The highest BCUT2D eigenvalue weighted by atomic mass is 16.6. The topological polar surface area (TPSA) is 142 Å². The minimum Gasteiger partial charge on any atom is -0.485 e. The lowest BCUT2D eigenvalue weighted by atomic mass is 10.1. The van der Waals surface area contributed by atoms with Crippen LogP contribution in [0.3, 0.4) is 0 Å². The second kappa shape index (κ2) is 12.8. The maximum absolute atomic E-state index is 13.4. The Morgan fingerprint density at radius 2 is 1.68 bits per heavy atom. The second-order valence-corrected chi connectivity index (χ2v) is 10.0. The van der Waals surface area contributed by atoms with Crippen LogP contribution in [0.1, 0.15) is 65.8 Å². The van der Waals surface area contributed by atoms with Crippen molar-refractivity contribution in [2.75, 3.05) is 23.0 Å². The highest BCUT2D eigenvalue weighted by Gasteiger charge is 2.24. The van der Waals surface area contributed by atoms with E-state index < -0.39 is 23.4 Å². The molecule has 2 amide bonds. The van der Waals surface area contributed by atoms with Crippen molar-refractivity contribution in [1.29, 1.82) is 0 Å². The van der Waals surface area contributed by atoms with Gasteiger partial charge in [0, 0.05) is 5.69 Å². The Hall–Kier alpha value is -4.86. The van der Waals surface area contributed by atoms with Gasteiger partial charge < -0.3 is 30.6 Å². The maximum Gasteiger partial charge on any atom is 0.338 e. The van der Waals surface area contributed by atoms with Crippen LogP contribution in [-0.4, -0.2) is 41.1 Å². The number of nitrogens with one attached hydrogen (secondary N) is 2. The van der Waals surface area contributed by atoms with Crippen molar-refractivity contribution in [3.63, 3.8) is 0 Å². The van der Waals surface area contributed by atoms with E-state index in [0.717, 1.165) is 0 Å². The van der Waals surface area contributed by atoms with E-state index in [-0.39, 0.29) is 41.2 Å². The number of nitrogen functional groups attached to an aromatic ring is 1. The predicted molar refractivity (Wildman–Crippen MR) is 154 cm³/mol. The van der Waals surface area contributed by atoms with Gasteiger partial charge in [-0.25, -0.2) is 9.78 Å². The molecule has 210 valence electrons. The number of hydrogen-bond donors (Lipinski definition) is 3. The third kappa shape index (κ3) is 8.07. The number of amides is 2. The monoisotopic (exact) mass is 546 g/mol. The van der Waals surface area contributed by atoms with E-state index in [1.165, 1.54) is 24.4 Å². The first-order valence-corrected chi connectivity index (χ1v) is 12.6. The third-order valence-corrected chi connectivity index (χ3v) is 5.10. The Kier molecular flexibility index (Phi) is 9.50. The largest absolute Gasteiger partial charge is 0.485 e. The highest BCUT2D eigenvalue weighted by Crippen LogP contribution is 2.40. The molecule has 0 fully saturated rings. The van der Waals surface area contributed by atoms with Crippen LogP contribution in [0.4, 0.5) is 17.1 Å². The number of carbonyl (C=O) groups excluding carboxylic acids is 3. The highest BCUT2D eigenvalue weighted by molar-refractivity contribution is 6.09. The molecule has 40 heavy (non-hydrogen) atoms. The van der Waals surface area contributed by atoms with Crippen LogP contribution in [0.15, 0.2) is 67.4 Å². The van der Waals surface area contributed by atoms with Crippen molar-refractivity contribution in [3.8, 4) is 11.5 Å². The first-order chi connectivity index (χ1) is 18.9. The number of anilines is 3. The molecule has 0 atom stereocenters. The van der Waals surface area contributed by atoms with E-state index in [4.69, 9.17) is 19.9 Å². The lowest BCUT2D eigenvalue weighted by Crippen LogP contribution is -2.23. The molecular weight excluding hydrogens is 512 g/mol. The standard InChI is InChI=1S/C30H34N4O6/c1-7-16-38-25-22(27(35)33-21-11-8-19(9-12-21)29(37)40-30(4,5)6)13-15-23(26(25)39-18(2)3)34-28(36)24-14-10-20(31)17-32-24/h7-15,17-18H,1,16,31H2,2-6H3,(H,33,35)(H,34,36). The van der Waals surface area contributed by atoms with Gasteiger partial charge in [0.05, 0.1) is 34.8 Å². The predicted octanol–water partition coefficient (Wildman–Crippen LogP) is 5.48. The number of hydrogen-bond acceptors (Lipinski definition) is 8. The summed E-state index contributed by atoms with van der Waals surface area (Å²) in [6.07, 6.45) is 2.60. The van der Waals surface area contributed by atoms with Gasteiger partial charge in [0.25, 0.3) is 11.8 Å². The SMILES string of the molecule is C=CCOc1c(C(=O)Nc2ccc(C(=O)OC(C)(C)C)cc2)ccc(NC(=O)c2ccc(N)cn2)c1OC(C)C. The maximum atomic E-state index is 13.4. The fourth-order valence-electron chi connectivity index (χ4n) is 3.43. The molecule has 10 heteroatoms. The summed E-state index contributed by atoms with van der Waals surface area (Å²) in [4.78, 5) is 42.6. The van der Waals surface area contributed by atoms with Gasteiger partial charge in [0.15, 0.2) is 11.5 Å². The van der Waals surface area contributed by atoms with Crippen LogP contribution < -0.4 is 25.8 Å². The lowest BCUT2D eigenvalue weighted by molar-refractivity contribution is 0.00693. The van der Waals surface area contributed by atoms with Gasteiger partial charge in [-0.3, -0.25) is 9.59 Å². The van der Waals surface area contributed by atoms with E-state index in [0.29, 0.717) is 16.9 Å². The summed E-state index contributed by atoms with van der Waals surface area (Å²) in [6, 6.07) is 12.5. The average molecular weight is 547 g/mol. The molecule has 4 N–H and O–H groups in total. The number of pyridine rings is 1. The minimum atomic E-state index is -0.626. The molecule has 0 spiro atoms. The summed E-state index contributed by atoms with van der Waals surface area (Å²) in [5.74, 6) is -1.15. The van der Waals surface area contributed by atoms with Crippen LogP contribution >= 0.6 is 0 Å². The van der Waals surface area contributed by atoms with E-state index >= 15 is 0 Å². The summed E-state index contributed by atoms with van der Waals surface area (Å²) in [6.45, 7) is 12.7. The molecule has 0 saturated heterocycles. The number of carbonyl (C=O) groups is 3. The summed E-state index contributed by atoms with van der Waals surface area (Å²) in [7, 11) is 0. The van der Waals surface area contributed by atoms with Crippen molar-refractivity contribution in [2.45, 2.75) is 46.3 Å². The molecule has 3 aromatic rings. The van der Waals surface area contributed by atoms with Gasteiger partial charge in [0.1, 0.15) is 17.9 Å². The number of ether oxygens (including phenoxy) is 3. The average Bonchev–Trinajstić information content (AvgIpc) is 2.88. The molecule has 0 bridgehead atoms. The van der Waals surface area contributed by atoms with Crippen molar-refractivity contribution in [2.24, 2.45) is 0 Å². The fourth-order valence-corrected chi connectivity index (χ4v) is 3.43. The van der Waals surface area contributed by atoms with Crippen molar-refractivity contribution >= 4 is 34.8 Å². The summed E-state index contributed by atoms with van der Waals surface area (Å²) in [5, 5.41) is 5.57. The number of nitrogens with two attached hydrogens (primary N) is 1. The van der Waals surface area contributed by atoms with E-state index in [9.17, 15) is 14.4 Å². The van der Waals surface area contributed by atoms with Gasteiger partial charge in [-0.1, -0.05) is 12.7 Å². The van der Waals surface area contributed by atoms with Crippen molar-refractivity contribution in [3.05, 3.63) is 84.2 Å². The molecule has 3 rings (SSSR count). The van der Waals surface area contributed by atoms with Gasteiger partial charge in [-0.15, -0.1) is 0 Å². The number of benzene rings is 2. The van der Waals surface area contributed by atoms with Gasteiger partial charge in [-0.2, -0.15) is 0 Å². The molecule has 0 saturated carbocycles. The van der Waals surface area contributed by atoms with E-state index in [2.05, 4.69) is 22.2 Å². The first-order valence-electron chi connectivity index (χ1n) is 12.6. The number of rotatable bonds is 10. The minimum absolute atomic E-state index is 0.0796. The number of esters is 1. The Morgan fingerprint density at radius 3 is 2.25 bits per heavy atom. The molecule has 0 unspecified atom stereocenters. The number of aromatic nitrogens is 1. The smallest absolute Gasteiger partial charge is 0.338 e. The zero-order valence-corrected chi connectivity index (χ0v) is 23.2. The molecule has 0 radical (unpaired) electrons. The Balaban J connectivity index is 1.92. The Labute approximate surface area is 233 Å². The quantitative estimate of drug-likeness (QED) is 0.224. The van der Waals surface area contributed by atoms with Crippen LogP contribution in [0, 0.1) is 0 Å². The molecule has 1 aromatic heterocycles. The van der Waals surface area contributed by atoms with Gasteiger partial charge in [-0.05, 0) is 83.1 Å². The van der Waals surface area contributed by atoms with Crippen molar-refractivity contribution < 1.29 is 28.6 Å². The molecule has 0 aliphatic rings.